The third-order valence-electron chi connectivity index (χ3n) is 2.44. The van der Waals surface area contributed by atoms with Crippen LogP contribution in [0.5, 0.6) is 5.75 Å². The van der Waals surface area contributed by atoms with E-state index in [0.29, 0.717) is 22.6 Å². The minimum atomic E-state index is -0.329. The van der Waals surface area contributed by atoms with E-state index < -0.39 is 0 Å². The van der Waals surface area contributed by atoms with Crippen LogP contribution in [0.25, 0.3) is 0 Å². The van der Waals surface area contributed by atoms with Crippen molar-refractivity contribution in [2.45, 2.75) is 0 Å². The number of amides is 2. The summed E-state index contributed by atoms with van der Waals surface area (Å²) in [5.74, 6) is -0.247. The molecule has 2 rings (SSSR count). The summed E-state index contributed by atoms with van der Waals surface area (Å²) in [6.45, 7) is 0. The van der Waals surface area contributed by atoms with E-state index >= 15 is 0 Å². The molecule has 0 radical (unpaired) electrons. The number of nitrogens with two attached hydrogens (primary N) is 1. The Morgan fingerprint density at radius 3 is 2.27 bits per heavy atom. The number of anilines is 1. The molecule has 2 N–H and O–H groups in total. The first kappa shape index (κ1) is 9.51. The molecule has 1 aliphatic rings. The SMILES string of the molecule is COc1cc2c(cc1N)C(=O)N(C)C2=O. The fraction of sp³-hybridized carbons (Fsp3) is 0.200. The van der Waals surface area contributed by atoms with Crippen molar-refractivity contribution in [3.05, 3.63) is 23.3 Å². The number of hydrogen-bond acceptors (Lipinski definition) is 4. The third-order valence-corrected chi connectivity index (χ3v) is 2.44. The van der Waals surface area contributed by atoms with Crippen LogP contribution in [0, 0.1) is 0 Å². The Morgan fingerprint density at radius 2 is 1.73 bits per heavy atom. The zero-order chi connectivity index (χ0) is 11.2. The van der Waals surface area contributed by atoms with Crippen molar-refractivity contribution in [3.63, 3.8) is 0 Å². The molecule has 0 unspecified atom stereocenters. The number of carbonyl (C=O) groups excluding carboxylic acids is 2. The molecule has 0 atom stereocenters. The molecule has 5 heteroatoms. The van der Waals surface area contributed by atoms with Gasteiger partial charge in [-0.1, -0.05) is 0 Å². The maximum Gasteiger partial charge on any atom is 0.261 e. The van der Waals surface area contributed by atoms with Crippen LogP contribution in [-0.2, 0) is 0 Å². The molecule has 0 aliphatic carbocycles. The summed E-state index contributed by atoms with van der Waals surface area (Å²) < 4.78 is 4.98. The van der Waals surface area contributed by atoms with Gasteiger partial charge in [0.1, 0.15) is 5.75 Å². The molecule has 0 saturated carbocycles. The predicted octanol–water partition coefficient (Wildman–Crippen LogP) is 0.503. The Balaban J connectivity index is 2.66. The molecule has 1 heterocycles. The van der Waals surface area contributed by atoms with E-state index in [1.807, 2.05) is 0 Å². The maximum atomic E-state index is 11.6. The second-order valence-corrected chi connectivity index (χ2v) is 3.31. The van der Waals surface area contributed by atoms with Gasteiger partial charge in [0.25, 0.3) is 11.8 Å². The van der Waals surface area contributed by atoms with Crippen molar-refractivity contribution in [2.24, 2.45) is 0 Å². The highest BCUT2D eigenvalue weighted by molar-refractivity contribution is 6.21. The van der Waals surface area contributed by atoms with Gasteiger partial charge in [-0.25, -0.2) is 0 Å². The van der Waals surface area contributed by atoms with Gasteiger partial charge < -0.3 is 10.5 Å². The van der Waals surface area contributed by atoms with Gasteiger partial charge in [-0.3, -0.25) is 14.5 Å². The van der Waals surface area contributed by atoms with Crippen molar-refractivity contribution in [1.29, 1.82) is 0 Å². The van der Waals surface area contributed by atoms with Gasteiger partial charge in [-0.15, -0.1) is 0 Å². The van der Waals surface area contributed by atoms with Crippen molar-refractivity contribution in [1.82, 2.24) is 4.90 Å². The van der Waals surface area contributed by atoms with E-state index in [4.69, 9.17) is 10.5 Å². The molecule has 15 heavy (non-hydrogen) atoms. The average molecular weight is 206 g/mol. The zero-order valence-corrected chi connectivity index (χ0v) is 8.40. The van der Waals surface area contributed by atoms with Crippen LogP contribution in [0.3, 0.4) is 0 Å². The first-order chi connectivity index (χ1) is 7.06. The van der Waals surface area contributed by atoms with Gasteiger partial charge in [0.2, 0.25) is 0 Å². The van der Waals surface area contributed by atoms with Gasteiger partial charge in [-0.05, 0) is 12.1 Å². The van der Waals surface area contributed by atoms with Gasteiger partial charge in [-0.2, -0.15) is 0 Å². The first-order valence-electron chi connectivity index (χ1n) is 4.36. The van der Waals surface area contributed by atoms with Crippen LogP contribution >= 0.6 is 0 Å². The Bertz CT molecular complexity index is 468. The number of carbonyl (C=O) groups is 2. The number of rotatable bonds is 1. The molecule has 0 spiro atoms. The summed E-state index contributed by atoms with van der Waals surface area (Å²) in [7, 11) is 2.90. The lowest BCUT2D eigenvalue weighted by molar-refractivity contribution is 0.0693. The Morgan fingerprint density at radius 1 is 1.20 bits per heavy atom. The van der Waals surface area contributed by atoms with Crippen molar-refractivity contribution in [3.8, 4) is 5.75 Å². The van der Waals surface area contributed by atoms with Crippen LogP contribution in [0.4, 0.5) is 5.69 Å². The zero-order valence-electron chi connectivity index (χ0n) is 8.40. The number of imide groups is 1. The van der Waals surface area contributed by atoms with E-state index in [9.17, 15) is 9.59 Å². The van der Waals surface area contributed by atoms with Crippen LogP contribution in [-0.4, -0.2) is 30.9 Å². The predicted molar refractivity (Wildman–Crippen MR) is 53.8 cm³/mol. The van der Waals surface area contributed by atoms with Gasteiger partial charge in [0.05, 0.1) is 23.9 Å². The summed E-state index contributed by atoms with van der Waals surface area (Å²) in [6.07, 6.45) is 0. The lowest BCUT2D eigenvalue weighted by atomic mass is 10.1. The maximum absolute atomic E-state index is 11.6. The highest BCUT2D eigenvalue weighted by atomic mass is 16.5. The topological polar surface area (TPSA) is 72.6 Å². The number of methoxy groups -OCH3 is 1. The standard InChI is InChI=1S/C10H10N2O3/c1-12-9(13)5-3-7(11)8(15-2)4-6(5)10(12)14/h3-4H,11H2,1-2H3. The lowest BCUT2D eigenvalue weighted by Crippen LogP contribution is -2.24. The Kier molecular flexibility index (Phi) is 1.89. The van der Waals surface area contributed by atoms with E-state index in [1.165, 1.54) is 26.3 Å². The van der Waals surface area contributed by atoms with Crippen molar-refractivity contribution in [2.75, 3.05) is 19.9 Å². The van der Waals surface area contributed by atoms with E-state index in [-0.39, 0.29) is 11.8 Å². The quantitative estimate of drug-likeness (QED) is 0.536. The summed E-state index contributed by atoms with van der Waals surface area (Å²) in [6, 6.07) is 2.96. The summed E-state index contributed by atoms with van der Waals surface area (Å²) >= 11 is 0. The minimum absolute atomic E-state index is 0.326. The summed E-state index contributed by atoms with van der Waals surface area (Å²) in [5.41, 5.74) is 6.68. The second-order valence-electron chi connectivity index (χ2n) is 3.31. The smallest absolute Gasteiger partial charge is 0.261 e. The molecule has 1 aromatic rings. The number of benzene rings is 1. The minimum Gasteiger partial charge on any atom is -0.495 e. The fourth-order valence-corrected chi connectivity index (χ4v) is 1.58. The molecule has 1 aliphatic heterocycles. The normalized spacial score (nSPS) is 14.4. The van der Waals surface area contributed by atoms with Crippen molar-refractivity contribution < 1.29 is 14.3 Å². The third kappa shape index (κ3) is 1.16. The number of nitrogen functional groups attached to an aromatic ring is 1. The molecule has 1 aromatic carbocycles. The monoisotopic (exact) mass is 206 g/mol. The average Bonchev–Trinajstić information content (AvgIpc) is 2.43. The molecule has 2 amide bonds. The number of hydrogen-bond donors (Lipinski definition) is 1. The molecule has 0 fully saturated rings. The van der Waals surface area contributed by atoms with Gasteiger partial charge in [0.15, 0.2) is 0 Å². The van der Waals surface area contributed by atoms with Crippen LogP contribution in [0.2, 0.25) is 0 Å². The van der Waals surface area contributed by atoms with E-state index in [2.05, 4.69) is 0 Å². The molecular weight excluding hydrogens is 196 g/mol. The van der Waals surface area contributed by atoms with Crippen LogP contribution < -0.4 is 10.5 Å². The summed E-state index contributed by atoms with van der Waals surface area (Å²) in [5, 5.41) is 0. The molecule has 0 saturated heterocycles. The second kappa shape index (κ2) is 2.98. The number of ether oxygens (including phenoxy) is 1. The van der Waals surface area contributed by atoms with Crippen LogP contribution in [0.1, 0.15) is 20.7 Å². The molecule has 78 valence electrons. The Hall–Kier alpha value is -2.04. The molecule has 0 aromatic heterocycles. The first-order valence-corrected chi connectivity index (χ1v) is 4.36. The molecule has 5 nitrogen and oxygen atoms in total. The highest BCUT2D eigenvalue weighted by Gasteiger charge is 2.33. The van der Waals surface area contributed by atoms with Crippen molar-refractivity contribution >= 4 is 17.5 Å². The van der Waals surface area contributed by atoms with E-state index in [1.54, 1.807) is 0 Å². The largest absolute Gasteiger partial charge is 0.495 e. The lowest BCUT2D eigenvalue weighted by Gasteiger charge is -2.04. The highest BCUT2D eigenvalue weighted by Crippen LogP contribution is 2.30. The number of fused-ring (bicyclic) bond motifs is 1. The van der Waals surface area contributed by atoms with Gasteiger partial charge in [0, 0.05) is 7.05 Å². The fourth-order valence-electron chi connectivity index (χ4n) is 1.58. The van der Waals surface area contributed by atoms with Gasteiger partial charge >= 0.3 is 0 Å². The molecular formula is C10H10N2O3. The number of nitrogens with zero attached hydrogens (tertiary/aromatic N) is 1. The Labute approximate surface area is 86.4 Å². The summed E-state index contributed by atoms with van der Waals surface area (Å²) in [4.78, 5) is 24.2. The van der Waals surface area contributed by atoms with Crippen LogP contribution in [0.15, 0.2) is 12.1 Å². The molecule has 0 bridgehead atoms. The van der Waals surface area contributed by atoms with E-state index in [0.717, 1.165) is 4.90 Å².